The van der Waals surface area contributed by atoms with Crippen LogP contribution in [0.15, 0.2) is 29.2 Å². The molecule has 21 heavy (non-hydrogen) atoms. The smallest absolute Gasteiger partial charge is 0.307 e. The normalized spacial score (nSPS) is 10.5. The number of thioether (sulfide) groups is 1. The SMILES string of the molecule is CC(C)OC(=O)CCNC(=O)CCSc1ccccc1F. The first-order chi connectivity index (χ1) is 9.99. The van der Waals surface area contributed by atoms with Crippen molar-refractivity contribution >= 4 is 23.6 Å². The predicted octanol–water partition coefficient (Wildman–Crippen LogP) is 2.77. The number of esters is 1. The molecule has 0 heterocycles. The van der Waals surface area contributed by atoms with E-state index < -0.39 is 0 Å². The summed E-state index contributed by atoms with van der Waals surface area (Å²) in [7, 11) is 0. The van der Waals surface area contributed by atoms with E-state index in [0.29, 0.717) is 10.6 Å². The molecule has 1 aromatic rings. The Morgan fingerprint density at radius 2 is 2.00 bits per heavy atom. The van der Waals surface area contributed by atoms with Crippen LogP contribution in [0, 0.1) is 5.82 Å². The van der Waals surface area contributed by atoms with E-state index in [4.69, 9.17) is 4.74 Å². The standard InChI is InChI=1S/C15H20FNO3S/c1-11(2)20-15(19)7-9-17-14(18)8-10-21-13-6-4-3-5-12(13)16/h3-6,11H,7-10H2,1-2H3,(H,17,18). The molecular formula is C15H20FNO3S. The zero-order valence-electron chi connectivity index (χ0n) is 12.2. The summed E-state index contributed by atoms with van der Waals surface area (Å²) in [5, 5.41) is 2.64. The van der Waals surface area contributed by atoms with Gasteiger partial charge in [-0.3, -0.25) is 9.59 Å². The van der Waals surface area contributed by atoms with Crippen LogP contribution in [-0.2, 0) is 14.3 Å². The van der Waals surface area contributed by atoms with Gasteiger partial charge in [-0.2, -0.15) is 0 Å². The molecule has 1 rings (SSSR count). The van der Waals surface area contributed by atoms with Crippen molar-refractivity contribution in [2.75, 3.05) is 12.3 Å². The summed E-state index contributed by atoms with van der Waals surface area (Å²) in [4.78, 5) is 23.3. The lowest BCUT2D eigenvalue weighted by atomic mass is 10.3. The lowest BCUT2D eigenvalue weighted by Gasteiger charge is -2.08. The van der Waals surface area contributed by atoms with Crippen LogP contribution in [0.25, 0.3) is 0 Å². The van der Waals surface area contributed by atoms with E-state index in [9.17, 15) is 14.0 Å². The molecule has 0 aliphatic carbocycles. The third-order valence-corrected chi connectivity index (χ3v) is 3.49. The Morgan fingerprint density at radius 3 is 2.67 bits per heavy atom. The zero-order chi connectivity index (χ0) is 15.7. The molecule has 0 bridgehead atoms. The Kier molecular flexibility index (Phi) is 7.82. The molecule has 0 radical (unpaired) electrons. The largest absolute Gasteiger partial charge is 0.463 e. The van der Waals surface area contributed by atoms with Crippen molar-refractivity contribution in [1.29, 1.82) is 0 Å². The molecule has 1 N–H and O–H groups in total. The topological polar surface area (TPSA) is 55.4 Å². The summed E-state index contributed by atoms with van der Waals surface area (Å²) >= 11 is 1.30. The molecule has 0 saturated carbocycles. The lowest BCUT2D eigenvalue weighted by molar-refractivity contribution is -0.147. The molecule has 1 aromatic carbocycles. The Hall–Kier alpha value is -1.56. The second-order valence-electron chi connectivity index (χ2n) is 4.67. The highest BCUT2D eigenvalue weighted by Gasteiger charge is 2.07. The minimum atomic E-state index is -0.328. The average molecular weight is 313 g/mol. The molecule has 4 nitrogen and oxygen atoms in total. The van der Waals surface area contributed by atoms with Crippen molar-refractivity contribution in [2.24, 2.45) is 0 Å². The van der Waals surface area contributed by atoms with Gasteiger partial charge in [0, 0.05) is 23.6 Å². The fourth-order valence-corrected chi connectivity index (χ4v) is 2.42. The van der Waals surface area contributed by atoms with Gasteiger partial charge in [0.15, 0.2) is 0 Å². The van der Waals surface area contributed by atoms with Crippen molar-refractivity contribution < 1.29 is 18.7 Å². The number of amides is 1. The third kappa shape index (κ3) is 7.70. The second-order valence-corrected chi connectivity index (χ2v) is 5.80. The molecule has 0 saturated heterocycles. The average Bonchev–Trinajstić information content (AvgIpc) is 2.40. The number of benzene rings is 1. The van der Waals surface area contributed by atoms with Gasteiger partial charge in [-0.1, -0.05) is 12.1 Å². The highest BCUT2D eigenvalue weighted by Crippen LogP contribution is 2.21. The number of hydrogen-bond donors (Lipinski definition) is 1. The maximum absolute atomic E-state index is 13.3. The summed E-state index contributed by atoms with van der Waals surface area (Å²) in [5.74, 6) is -0.273. The van der Waals surface area contributed by atoms with Gasteiger partial charge in [0.1, 0.15) is 5.82 Å². The fourth-order valence-electron chi connectivity index (χ4n) is 1.53. The van der Waals surface area contributed by atoms with Crippen LogP contribution < -0.4 is 5.32 Å². The number of halogens is 1. The second kappa shape index (κ2) is 9.39. The molecule has 116 valence electrons. The van der Waals surface area contributed by atoms with Crippen molar-refractivity contribution in [3.8, 4) is 0 Å². The van der Waals surface area contributed by atoms with Crippen LogP contribution in [0.2, 0.25) is 0 Å². The van der Waals surface area contributed by atoms with E-state index in [-0.39, 0.29) is 43.2 Å². The lowest BCUT2D eigenvalue weighted by Crippen LogP contribution is -2.27. The van der Waals surface area contributed by atoms with Crippen LogP contribution >= 0.6 is 11.8 Å². The summed E-state index contributed by atoms with van der Waals surface area (Å²) in [6.07, 6.45) is 0.285. The number of hydrogen-bond acceptors (Lipinski definition) is 4. The van der Waals surface area contributed by atoms with Gasteiger partial charge >= 0.3 is 5.97 Å². The number of ether oxygens (including phenoxy) is 1. The van der Waals surface area contributed by atoms with E-state index in [1.165, 1.54) is 17.8 Å². The van der Waals surface area contributed by atoms with Gasteiger partial charge in [0.05, 0.1) is 12.5 Å². The monoisotopic (exact) mass is 313 g/mol. The minimum absolute atomic E-state index is 0.148. The molecule has 0 aliphatic rings. The van der Waals surface area contributed by atoms with E-state index >= 15 is 0 Å². The molecule has 0 aromatic heterocycles. The maximum Gasteiger partial charge on any atom is 0.307 e. The Bertz CT molecular complexity index is 480. The Morgan fingerprint density at radius 1 is 1.29 bits per heavy atom. The fraction of sp³-hybridized carbons (Fsp3) is 0.467. The summed E-state index contributed by atoms with van der Waals surface area (Å²) in [6, 6.07) is 6.46. The van der Waals surface area contributed by atoms with Gasteiger partial charge in [-0.25, -0.2) is 4.39 Å². The first kappa shape index (κ1) is 17.5. The van der Waals surface area contributed by atoms with Gasteiger partial charge in [0.25, 0.3) is 0 Å². The van der Waals surface area contributed by atoms with E-state index in [0.717, 1.165) is 0 Å². The first-order valence-electron chi connectivity index (χ1n) is 6.82. The molecule has 1 amide bonds. The first-order valence-corrected chi connectivity index (χ1v) is 7.81. The Balaban J connectivity index is 2.14. The van der Waals surface area contributed by atoms with E-state index in [2.05, 4.69) is 5.32 Å². The van der Waals surface area contributed by atoms with Crippen LogP contribution in [0.5, 0.6) is 0 Å². The number of nitrogens with one attached hydrogen (secondary N) is 1. The molecule has 0 unspecified atom stereocenters. The number of rotatable bonds is 8. The Labute approximate surface area is 128 Å². The molecule has 0 aliphatic heterocycles. The van der Waals surface area contributed by atoms with Crippen LogP contribution in [0.1, 0.15) is 26.7 Å². The van der Waals surface area contributed by atoms with Gasteiger partial charge in [0.2, 0.25) is 5.91 Å². The van der Waals surface area contributed by atoms with Gasteiger partial charge < -0.3 is 10.1 Å². The molecular weight excluding hydrogens is 293 g/mol. The van der Waals surface area contributed by atoms with E-state index in [1.807, 2.05) is 0 Å². The van der Waals surface area contributed by atoms with Crippen molar-refractivity contribution in [2.45, 2.75) is 37.7 Å². The summed E-state index contributed by atoms with van der Waals surface area (Å²) in [6.45, 7) is 3.81. The zero-order valence-corrected chi connectivity index (χ0v) is 13.0. The molecule has 0 atom stereocenters. The molecule has 6 heteroatoms. The number of carbonyl (C=O) groups is 2. The quantitative estimate of drug-likeness (QED) is 0.592. The third-order valence-electron chi connectivity index (χ3n) is 2.44. The summed E-state index contributed by atoms with van der Waals surface area (Å²) in [5.41, 5.74) is 0. The molecule has 0 spiro atoms. The van der Waals surface area contributed by atoms with Crippen LogP contribution in [0.4, 0.5) is 4.39 Å². The minimum Gasteiger partial charge on any atom is -0.463 e. The van der Waals surface area contributed by atoms with Crippen molar-refractivity contribution in [1.82, 2.24) is 5.32 Å². The maximum atomic E-state index is 13.3. The van der Waals surface area contributed by atoms with Crippen LogP contribution in [0.3, 0.4) is 0 Å². The van der Waals surface area contributed by atoms with Crippen molar-refractivity contribution in [3.05, 3.63) is 30.1 Å². The van der Waals surface area contributed by atoms with Crippen LogP contribution in [-0.4, -0.2) is 30.3 Å². The predicted molar refractivity (Wildman–Crippen MR) is 80.6 cm³/mol. The van der Waals surface area contributed by atoms with Crippen molar-refractivity contribution in [3.63, 3.8) is 0 Å². The highest BCUT2D eigenvalue weighted by molar-refractivity contribution is 7.99. The summed E-state index contributed by atoms with van der Waals surface area (Å²) < 4.78 is 18.3. The van der Waals surface area contributed by atoms with E-state index in [1.54, 1.807) is 32.0 Å². The number of carbonyl (C=O) groups excluding carboxylic acids is 2. The van der Waals surface area contributed by atoms with Gasteiger partial charge in [-0.15, -0.1) is 11.8 Å². The van der Waals surface area contributed by atoms with Gasteiger partial charge in [-0.05, 0) is 26.0 Å². The molecule has 0 fully saturated rings. The highest BCUT2D eigenvalue weighted by atomic mass is 32.2.